The second-order valence-corrected chi connectivity index (χ2v) is 4.38. The Labute approximate surface area is 82.5 Å². The van der Waals surface area contributed by atoms with Crippen LogP contribution < -0.4 is 0 Å². The highest BCUT2D eigenvalue weighted by molar-refractivity contribution is 5.09. The van der Waals surface area contributed by atoms with Crippen LogP contribution in [0.15, 0.2) is 12.3 Å². The maximum atomic E-state index is 12.9. The van der Waals surface area contributed by atoms with E-state index in [2.05, 4.69) is 5.10 Å². The lowest BCUT2D eigenvalue weighted by molar-refractivity contribution is 0.0866. The van der Waals surface area contributed by atoms with E-state index in [1.165, 1.54) is 0 Å². The van der Waals surface area contributed by atoms with Gasteiger partial charge in [0.15, 0.2) is 0 Å². The molecule has 3 atom stereocenters. The molecule has 1 aliphatic carbocycles. The van der Waals surface area contributed by atoms with Gasteiger partial charge in [-0.2, -0.15) is 5.10 Å². The standard InChI is InChI=1S/C10H15FN2O/c1-10(6-8(10)11)9(14)5-7-3-4-13(2)12-7/h3-4,8-9,14H,5-6H2,1-2H3. The number of alkyl halides is 1. The van der Waals surface area contributed by atoms with Gasteiger partial charge in [-0.1, -0.05) is 6.92 Å². The molecule has 1 heterocycles. The Morgan fingerprint density at radius 1 is 1.86 bits per heavy atom. The number of aliphatic hydroxyl groups excluding tert-OH is 1. The molecule has 1 N–H and O–H groups in total. The monoisotopic (exact) mass is 198 g/mol. The minimum Gasteiger partial charge on any atom is -0.392 e. The maximum absolute atomic E-state index is 12.9. The summed E-state index contributed by atoms with van der Waals surface area (Å²) in [6.07, 6.45) is 1.27. The molecule has 3 unspecified atom stereocenters. The van der Waals surface area contributed by atoms with Gasteiger partial charge in [0.25, 0.3) is 0 Å². The molecule has 3 nitrogen and oxygen atoms in total. The zero-order chi connectivity index (χ0) is 10.3. The largest absolute Gasteiger partial charge is 0.392 e. The van der Waals surface area contributed by atoms with Crippen molar-refractivity contribution in [3.8, 4) is 0 Å². The number of nitrogens with zero attached hydrogens (tertiary/aromatic N) is 2. The van der Waals surface area contributed by atoms with E-state index in [0.717, 1.165) is 5.69 Å². The molecule has 1 saturated carbocycles. The van der Waals surface area contributed by atoms with Gasteiger partial charge in [-0.05, 0) is 12.5 Å². The molecule has 0 spiro atoms. The van der Waals surface area contributed by atoms with Gasteiger partial charge in [0.05, 0.1) is 11.8 Å². The summed E-state index contributed by atoms with van der Waals surface area (Å²) in [4.78, 5) is 0. The van der Waals surface area contributed by atoms with Gasteiger partial charge in [0, 0.05) is 25.1 Å². The van der Waals surface area contributed by atoms with Crippen LogP contribution in [0.4, 0.5) is 4.39 Å². The average molecular weight is 198 g/mol. The molecule has 0 aliphatic heterocycles. The van der Waals surface area contributed by atoms with E-state index in [4.69, 9.17) is 0 Å². The molecule has 0 bridgehead atoms. The van der Waals surface area contributed by atoms with Crippen molar-refractivity contribution in [2.45, 2.75) is 32.0 Å². The Bertz CT molecular complexity index is 339. The number of hydrogen-bond donors (Lipinski definition) is 1. The van der Waals surface area contributed by atoms with Crippen LogP contribution in [0.2, 0.25) is 0 Å². The highest BCUT2D eigenvalue weighted by atomic mass is 19.1. The summed E-state index contributed by atoms with van der Waals surface area (Å²) in [6, 6.07) is 1.85. The van der Waals surface area contributed by atoms with Crippen molar-refractivity contribution in [3.63, 3.8) is 0 Å². The van der Waals surface area contributed by atoms with Crippen molar-refractivity contribution in [2.24, 2.45) is 12.5 Å². The summed E-state index contributed by atoms with van der Waals surface area (Å²) in [7, 11) is 1.83. The van der Waals surface area contributed by atoms with E-state index in [-0.39, 0.29) is 0 Å². The van der Waals surface area contributed by atoms with Crippen LogP contribution in [0.1, 0.15) is 19.0 Å². The molecule has 14 heavy (non-hydrogen) atoms. The molecular weight excluding hydrogens is 183 g/mol. The van der Waals surface area contributed by atoms with E-state index in [1.54, 1.807) is 11.6 Å². The van der Waals surface area contributed by atoms with E-state index in [0.29, 0.717) is 12.8 Å². The molecule has 0 amide bonds. The van der Waals surface area contributed by atoms with Gasteiger partial charge in [0.1, 0.15) is 6.17 Å². The maximum Gasteiger partial charge on any atom is 0.109 e. The number of halogens is 1. The summed E-state index contributed by atoms with van der Waals surface area (Å²) in [5, 5.41) is 13.9. The van der Waals surface area contributed by atoms with Crippen LogP contribution >= 0.6 is 0 Å². The molecule has 1 aromatic rings. The predicted molar refractivity (Wildman–Crippen MR) is 50.5 cm³/mol. The topological polar surface area (TPSA) is 38.0 Å². The molecule has 2 rings (SSSR count). The van der Waals surface area contributed by atoms with Crippen LogP contribution in [0.25, 0.3) is 0 Å². The molecule has 1 fully saturated rings. The number of rotatable bonds is 3. The molecule has 0 saturated heterocycles. The minimum atomic E-state index is -0.846. The Morgan fingerprint density at radius 3 is 2.93 bits per heavy atom. The number of aliphatic hydroxyl groups is 1. The third-order valence-electron chi connectivity index (χ3n) is 3.11. The number of aryl methyl sites for hydroxylation is 1. The van der Waals surface area contributed by atoms with Crippen molar-refractivity contribution < 1.29 is 9.50 Å². The Hall–Kier alpha value is -0.900. The first-order valence-electron chi connectivity index (χ1n) is 4.83. The van der Waals surface area contributed by atoms with Crippen molar-refractivity contribution in [3.05, 3.63) is 18.0 Å². The number of hydrogen-bond acceptors (Lipinski definition) is 2. The fourth-order valence-corrected chi connectivity index (χ4v) is 1.68. The van der Waals surface area contributed by atoms with Gasteiger partial charge in [-0.25, -0.2) is 4.39 Å². The Balaban J connectivity index is 1.98. The fourth-order valence-electron chi connectivity index (χ4n) is 1.68. The predicted octanol–water partition coefficient (Wildman–Crippen LogP) is 1.07. The second-order valence-electron chi connectivity index (χ2n) is 4.38. The van der Waals surface area contributed by atoms with Crippen molar-refractivity contribution in [1.29, 1.82) is 0 Å². The molecular formula is C10H15FN2O. The van der Waals surface area contributed by atoms with Crippen molar-refractivity contribution >= 4 is 0 Å². The smallest absolute Gasteiger partial charge is 0.109 e. The fraction of sp³-hybridized carbons (Fsp3) is 0.700. The van der Waals surface area contributed by atoms with E-state index < -0.39 is 17.7 Å². The van der Waals surface area contributed by atoms with Crippen molar-refractivity contribution in [1.82, 2.24) is 9.78 Å². The highest BCUT2D eigenvalue weighted by Crippen LogP contribution is 2.51. The molecule has 4 heteroatoms. The van der Waals surface area contributed by atoms with Gasteiger partial charge < -0.3 is 5.11 Å². The van der Waals surface area contributed by atoms with Crippen molar-refractivity contribution in [2.75, 3.05) is 0 Å². The molecule has 0 radical (unpaired) electrons. The lowest BCUT2D eigenvalue weighted by Gasteiger charge is -2.15. The van der Waals surface area contributed by atoms with E-state index in [9.17, 15) is 9.50 Å². The highest BCUT2D eigenvalue weighted by Gasteiger charge is 2.56. The zero-order valence-electron chi connectivity index (χ0n) is 8.44. The van der Waals surface area contributed by atoms with Crippen LogP contribution in [0, 0.1) is 5.41 Å². The third kappa shape index (κ3) is 1.54. The van der Waals surface area contributed by atoms with Gasteiger partial charge in [-0.15, -0.1) is 0 Å². The summed E-state index contributed by atoms with van der Waals surface area (Å²) >= 11 is 0. The third-order valence-corrected chi connectivity index (χ3v) is 3.11. The summed E-state index contributed by atoms with van der Waals surface area (Å²) in [6.45, 7) is 1.78. The van der Waals surface area contributed by atoms with Crippen LogP contribution in [0.3, 0.4) is 0 Å². The quantitative estimate of drug-likeness (QED) is 0.789. The number of aromatic nitrogens is 2. The van der Waals surface area contributed by atoms with Gasteiger partial charge in [0.2, 0.25) is 0 Å². The van der Waals surface area contributed by atoms with E-state index in [1.807, 2.05) is 19.3 Å². The Kier molecular flexibility index (Phi) is 2.10. The van der Waals surface area contributed by atoms with Crippen LogP contribution in [0.5, 0.6) is 0 Å². The lowest BCUT2D eigenvalue weighted by Crippen LogP contribution is -2.24. The van der Waals surface area contributed by atoms with E-state index >= 15 is 0 Å². The minimum absolute atomic E-state index is 0.442. The SMILES string of the molecule is Cn1ccc(CC(O)C2(C)CC2F)n1. The molecule has 1 aliphatic rings. The molecule has 0 aromatic carbocycles. The molecule has 78 valence electrons. The first-order chi connectivity index (χ1) is 6.52. The zero-order valence-corrected chi connectivity index (χ0v) is 8.44. The first-order valence-corrected chi connectivity index (χ1v) is 4.83. The van der Waals surface area contributed by atoms with Crippen LogP contribution in [-0.2, 0) is 13.5 Å². The summed E-state index contributed by atoms with van der Waals surface area (Å²) in [5.74, 6) is 0. The lowest BCUT2D eigenvalue weighted by atomic mass is 9.97. The van der Waals surface area contributed by atoms with Gasteiger partial charge >= 0.3 is 0 Å². The summed E-state index contributed by atoms with van der Waals surface area (Å²) < 4.78 is 14.6. The molecule has 1 aromatic heterocycles. The second kappa shape index (κ2) is 3.05. The van der Waals surface area contributed by atoms with Crippen LogP contribution in [-0.4, -0.2) is 27.2 Å². The normalized spacial score (nSPS) is 33.0. The Morgan fingerprint density at radius 2 is 2.50 bits per heavy atom. The summed E-state index contributed by atoms with van der Waals surface area (Å²) in [5.41, 5.74) is 0.290. The average Bonchev–Trinajstić information content (AvgIpc) is 2.56. The first kappa shape index (κ1) is 9.65. The van der Waals surface area contributed by atoms with Gasteiger partial charge in [-0.3, -0.25) is 4.68 Å².